The minimum atomic E-state index is -0.431. The minimum Gasteiger partial charge on any atom is -0.495 e. The van der Waals surface area contributed by atoms with Crippen LogP contribution in [0.4, 0.5) is 5.69 Å². The maximum absolute atomic E-state index is 12.6. The zero-order valence-electron chi connectivity index (χ0n) is 14.1. The number of ether oxygens (including phenoxy) is 1. The maximum atomic E-state index is 12.6. The van der Waals surface area contributed by atoms with Gasteiger partial charge in [-0.3, -0.25) is 9.59 Å². The van der Waals surface area contributed by atoms with E-state index in [2.05, 4.69) is 5.32 Å². The Balaban J connectivity index is 2.07. The second kappa shape index (κ2) is 7.25. The van der Waals surface area contributed by atoms with Crippen molar-refractivity contribution in [2.75, 3.05) is 24.1 Å². The predicted molar refractivity (Wildman–Crippen MR) is 93.7 cm³/mol. The van der Waals surface area contributed by atoms with E-state index in [0.717, 1.165) is 0 Å². The molecule has 0 saturated carbocycles. The summed E-state index contributed by atoms with van der Waals surface area (Å²) in [6.45, 7) is 6.08. The normalized spacial score (nSPS) is 17.9. The van der Waals surface area contributed by atoms with Crippen LogP contribution in [0.5, 0.6) is 5.75 Å². The molecule has 1 N–H and O–H groups in total. The molecule has 1 fully saturated rings. The molecule has 1 aliphatic heterocycles. The van der Waals surface area contributed by atoms with Crippen molar-refractivity contribution in [3.05, 3.63) is 24.3 Å². The molecule has 2 rings (SSSR count). The van der Waals surface area contributed by atoms with Crippen LogP contribution in [0.1, 0.15) is 27.2 Å². The number of methoxy groups -OCH3 is 1. The molecule has 0 aromatic heterocycles. The molecule has 0 bridgehead atoms. The first-order valence-corrected chi connectivity index (χ1v) is 8.78. The van der Waals surface area contributed by atoms with Crippen LogP contribution >= 0.6 is 11.8 Å². The predicted octanol–water partition coefficient (Wildman–Crippen LogP) is 2.97. The molecular formula is C17H24N2O3S. The molecule has 0 aliphatic carbocycles. The highest BCUT2D eigenvalue weighted by molar-refractivity contribution is 7.99. The van der Waals surface area contributed by atoms with Gasteiger partial charge in [0.25, 0.3) is 0 Å². The number of nitrogens with zero attached hydrogens (tertiary/aromatic N) is 1. The average molecular weight is 336 g/mol. The number of amides is 2. The number of para-hydroxylation sites is 2. The van der Waals surface area contributed by atoms with Crippen LogP contribution in [0.25, 0.3) is 0 Å². The van der Waals surface area contributed by atoms with E-state index in [-0.39, 0.29) is 17.2 Å². The van der Waals surface area contributed by atoms with Gasteiger partial charge in [0.05, 0.1) is 18.7 Å². The number of benzene rings is 1. The minimum absolute atomic E-state index is 0.0303. The van der Waals surface area contributed by atoms with Crippen molar-refractivity contribution >= 4 is 29.3 Å². The van der Waals surface area contributed by atoms with Crippen molar-refractivity contribution in [2.24, 2.45) is 5.41 Å². The van der Waals surface area contributed by atoms with Crippen molar-refractivity contribution in [1.29, 1.82) is 0 Å². The largest absolute Gasteiger partial charge is 0.495 e. The third-order valence-corrected chi connectivity index (χ3v) is 4.56. The summed E-state index contributed by atoms with van der Waals surface area (Å²) in [6.07, 6.45) is 0.437. The van der Waals surface area contributed by atoms with E-state index in [0.29, 0.717) is 29.5 Å². The Morgan fingerprint density at radius 1 is 1.35 bits per heavy atom. The van der Waals surface area contributed by atoms with E-state index in [1.54, 1.807) is 35.9 Å². The van der Waals surface area contributed by atoms with Gasteiger partial charge in [0.15, 0.2) is 0 Å². The van der Waals surface area contributed by atoms with Crippen LogP contribution in [-0.2, 0) is 9.59 Å². The van der Waals surface area contributed by atoms with E-state index >= 15 is 0 Å². The fraction of sp³-hybridized carbons (Fsp3) is 0.529. The van der Waals surface area contributed by atoms with Gasteiger partial charge in [-0.25, -0.2) is 0 Å². The van der Waals surface area contributed by atoms with E-state index in [9.17, 15) is 9.59 Å². The number of carbonyl (C=O) groups is 2. The summed E-state index contributed by atoms with van der Waals surface area (Å²) in [7, 11) is 1.57. The molecule has 1 saturated heterocycles. The molecular weight excluding hydrogens is 312 g/mol. The monoisotopic (exact) mass is 336 g/mol. The fourth-order valence-corrected chi connectivity index (χ4v) is 3.61. The Kier molecular flexibility index (Phi) is 5.57. The molecule has 1 atom stereocenters. The number of carbonyl (C=O) groups excluding carboxylic acids is 2. The lowest BCUT2D eigenvalue weighted by atomic mass is 9.91. The molecule has 5 nitrogen and oxygen atoms in total. The molecule has 1 aromatic carbocycles. The summed E-state index contributed by atoms with van der Waals surface area (Å²) in [5.41, 5.74) is 0.536. The Labute approximate surface area is 141 Å². The third-order valence-electron chi connectivity index (χ3n) is 3.55. The van der Waals surface area contributed by atoms with Gasteiger partial charge in [0.1, 0.15) is 11.8 Å². The van der Waals surface area contributed by atoms with Gasteiger partial charge < -0.3 is 15.0 Å². The summed E-state index contributed by atoms with van der Waals surface area (Å²) in [5, 5.41) is 2.88. The lowest BCUT2D eigenvalue weighted by molar-refractivity contribution is -0.137. The summed E-state index contributed by atoms with van der Waals surface area (Å²) < 4.78 is 5.25. The van der Waals surface area contributed by atoms with Gasteiger partial charge in [0, 0.05) is 12.2 Å². The number of hydrogen-bond donors (Lipinski definition) is 1. The zero-order chi connectivity index (χ0) is 17.0. The molecule has 1 aromatic rings. The smallest absolute Gasteiger partial charge is 0.248 e. The number of rotatable bonds is 4. The van der Waals surface area contributed by atoms with Crippen LogP contribution in [0.3, 0.4) is 0 Å². The van der Waals surface area contributed by atoms with E-state index in [1.165, 1.54) is 0 Å². The Hall–Kier alpha value is -1.69. The van der Waals surface area contributed by atoms with Gasteiger partial charge in [-0.1, -0.05) is 32.9 Å². The van der Waals surface area contributed by atoms with Crippen molar-refractivity contribution in [3.63, 3.8) is 0 Å². The van der Waals surface area contributed by atoms with Gasteiger partial charge in [-0.15, -0.1) is 11.8 Å². The standard InChI is InChI=1S/C17H24N2O3S/c1-17(2,3)9-15(20)19-11-23-10-13(19)16(21)18-12-7-5-6-8-14(12)22-4/h5-8,13H,9-11H2,1-4H3,(H,18,21)/t13-/m0/s1. The number of thioether (sulfide) groups is 1. The number of hydrogen-bond acceptors (Lipinski definition) is 4. The molecule has 126 valence electrons. The van der Waals surface area contributed by atoms with Gasteiger partial charge in [-0.2, -0.15) is 0 Å². The molecule has 0 radical (unpaired) electrons. The van der Waals surface area contributed by atoms with Crippen molar-refractivity contribution in [2.45, 2.75) is 33.2 Å². The summed E-state index contributed by atoms with van der Waals surface area (Å²) in [6, 6.07) is 6.84. The lowest BCUT2D eigenvalue weighted by Crippen LogP contribution is -2.45. The molecule has 1 heterocycles. The second-order valence-electron chi connectivity index (χ2n) is 6.81. The van der Waals surface area contributed by atoms with E-state index in [4.69, 9.17) is 4.74 Å². The van der Waals surface area contributed by atoms with Crippen LogP contribution in [0.2, 0.25) is 0 Å². The fourth-order valence-electron chi connectivity index (χ4n) is 2.42. The van der Waals surface area contributed by atoms with E-state index in [1.807, 2.05) is 32.9 Å². The summed E-state index contributed by atoms with van der Waals surface area (Å²) >= 11 is 1.61. The van der Waals surface area contributed by atoms with Crippen LogP contribution < -0.4 is 10.1 Å². The highest BCUT2D eigenvalue weighted by Crippen LogP contribution is 2.28. The SMILES string of the molecule is COc1ccccc1NC(=O)[C@@H]1CSCN1C(=O)CC(C)(C)C. The van der Waals surface area contributed by atoms with Crippen LogP contribution in [-0.4, -0.2) is 41.5 Å². The molecule has 0 unspecified atom stereocenters. The number of anilines is 1. The molecule has 2 amide bonds. The summed E-state index contributed by atoms with van der Waals surface area (Å²) in [5.74, 6) is 1.67. The van der Waals surface area contributed by atoms with Gasteiger partial charge in [0.2, 0.25) is 11.8 Å². The van der Waals surface area contributed by atoms with E-state index < -0.39 is 6.04 Å². The maximum Gasteiger partial charge on any atom is 0.248 e. The average Bonchev–Trinajstić information content (AvgIpc) is 2.95. The third kappa shape index (κ3) is 4.64. The Bertz CT molecular complexity index is 583. The van der Waals surface area contributed by atoms with Crippen LogP contribution in [0, 0.1) is 5.41 Å². The van der Waals surface area contributed by atoms with Crippen molar-refractivity contribution < 1.29 is 14.3 Å². The quantitative estimate of drug-likeness (QED) is 0.918. The van der Waals surface area contributed by atoms with Gasteiger partial charge >= 0.3 is 0 Å². The van der Waals surface area contributed by atoms with Crippen LogP contribution in [0.15, 0.2) is 24.3 Å². The molecule has 0 spiro atoms. The molecule has 1 aliphatic rings. The lowest BCUT2D eigenvalue weighted by Gasteiger charge is -2.27. The number of nitrogens with one attached hydrogen (secondary N) is 1. The Morgan fingerprint density at radius 3 is 2.70 bits per heavy atom. The second-order valence-corrected chi connectivity index (χ2v) is 7.81. The van der Waals surface area contributed by atoms with Crippen molar-refractivity contribution in [1.82, 2.24) is 4.90 Å². The van der Waals surface area contributed by atoms with Crippen molar-refractivity contribution in [3.8, 4) is 5.75 Å². The van der Waals surface area contributed by atoms with Gasteiger partial charge in [-0.05, 0) is 17.5 Å². The highest BCUT2D eigenvalue weighted by atomic mass is 32.2. The molecule has 6 heteroatoms. The first-order chi connectivity index (χ1) is 10.8. The molecule has 23 heavy (non-hydrogen) atoms. The first kappa shape index (κ1) is 17.7. The zero-order valence-corrected chi connectivity index (χ0v) is 14.9. The first-order valence-electron chi connectivity index (χ1n) is 7.63. The highest BCUT2D eigenvalue weighted by Gasteiger charge is 2.36. The summed E-state index contributed by atoms with van der Waals surface area (Å²) in [4.78, 5) is 26.7. The Morgan fingerprint density at radius 2 is 2.04 bits per heavy atom. The topological polar surface area (TPSA) is 58.6 Å².